The van der Waals surface area contributed by atoms with E-state index in [1.165, 1.54) is 11.3 Å². The zero-order valence-electron chi connectivity index (χ0n) is 9.69. The number of aliphatic hydroxyl groups excluding tert-OH is 1. The molecule has 0 fully saturated rings. The molecule has 0 bridgehead atoms. The van der Waals surface area contributed by atoms with Crippen LogP contribution in [0.15, 0.2) is 34.8 Å². The summed E-state index contributed by atoms with van der Waals surface area (Å²) in [7, 11) is 0. The minimum atomic E-state index is -0.721. The Bertz CT molecular complexity index is 522. The second-order valence-electron chi connectivity index (χ2n) is 3.64. The van der Waals surface area contributed by atoms with Crippen LogP contribution in [0.4, 0.5) is 0 Å². The summed E-state index contributed by atoms with van der Waals surface area (Å²) in [4.78, 5) is 0.791. The molecule has 2 rings (SSSR count). The molecule has 0 aliphatic rings. The van der Waals surface area contributed by atoms with Crippen LogP contribution in [0, 0.1) is 0 Å². The number of halogens is 2. The van der Waals surface area contributed by atoms with E-state index >= 15 is 0 Å². The van der Waals surface area contributed by atoms with Gasteiger partial charge in [-0.2, -0.15) is 0 Å². The standard InChI is InChI=1S/C13H12BrClO2S/c1-2-17-10-6-4-3-5-8(10)12(16)11-7-9(14)13(15)18-11/h3-7,12,16H,2H2,1H3. The molecule has 1 aromatic heterocycles. The van der Waals surface area contributed by atoms with Crippen LogP contribution in [-0.4, -0.2) is 11.7 Å². The van der Waals surface area contributed by atoms with Crippen LogP contribution in [0.2, 0.25) is 4.34 Å². The van der Waals surface area contributed by atoms with Crippen molar-refractivity contribution in [3.8, 4) is 5.75 Å². The number of hydrogen-bond donors (Lipinski definition) is 1. The molecule has 0 spiro atoms. The molecule has 0 saturated heterocycles. The van der Waals surface area contributed by atoms with E-state index in [2.05, 4.69) is 15.9 Å². The van der Waals surface area contributed by atoms with E-state index in [1.54, 1.807) is 0 Å². The highest BCUT2D eigenvalue weighted by atomic mass is 79.9. The first-order valence-corrected chi connectivity index (χ1v) is 7.46. The third-order valence-corrected chi connectivity index (χ3v) is 4.97. The molecule has 1 N–H and O–H groups in total. The van der Waals surface area contributed by atoms with Crippen molar-refractivity contribution in [1.82, 2.24) is 0 Å². The smallest absolute Gasteiger partial charge is 0.125 e. The van der Waals surface area contributed by atoms with Gasteiger partial charge in [0, 0.05) is 14.9 Å². The fourth-order valence-electron chi connectivity index (χ4n) is 1.64. The minimum Gasteiger partial charge on any atom is -0.493 e. The van der Waals surface area contributed by atoms with E-state index in [1.807, 2.05) is 37.3 Å². The zero-order chi connectivity index (χ0) is 13.1. The van der Waals surface area contributed by atoms with E-state index in [0.717, 1.165) is 14.9 Å². The van der Waals surface area contributed by atoms with Crippen molar-refractivity contribution >= 4 is 38.9 Å². The summed E-state index contributed by atoms with van der Waals surface area (Å²) in [5, 5.41) is 10.4. The number of ether oxygens (including phenoxy) is 1. The van der Waals surface area contributed by atoms with Gasteiger partial charge in [-0.15, -0.1) is 11.3 Å². The SMILES string of the molecule is CCOc1ccccc1C(O)c1cc(Br)c(Cl)s1. The molecular weight excluding hydrogens is 336 g/mol. The normalized spacial score (nSPS) is 12.4. The van der Waals surface area contributed by atoms with Gasteiger partial charge in [0.25, 0.3) is 0 Å². The minimum absolute atomic E-state index is 0.568. The highest BCUT2D eigenvalue weighted by Gasteiger charge is 2.18. The lowest BCUT2D eigenvalue weighted by atomic mass is 10.1. The molecule has 0 aliphatic carbocycles. The first-order valence-electron chi connectivity index (χ1n) is 5.48. The van der Waals surface area contributed by atoms with Crippen molar-refractivity contribution in [3.63, 3.8) is 0 Å². The van der Waals surface area contributed by atoms with Crippen LogP contribution >= 0.6 is 38.9 Å². The second kappa shape index (κ2) is 6.06. The lowest BCUT2D eigenvalue weighted by Gasteiger charge is -2.14. The molecule has 2 nitrogen and oxygen atoms in total. The zero-order valence-corrected chi connectivity index (χ0v) is 12.8. The van der Waals surface area contributed by atoms with Crippen molar-refractivity contribution < 1.29 is 9.84 Å². The van der Waals surface area contributed by atoms with Gasteiger partial charge in [0.15, 0.2) is 0 Å². The number of hydrogen-bond acceptors (Lipinski definition) is 3. The van der Waals surface area contributed by atoms with Crippen LogP contribution in [0.25, 0.3) is 0 Å². The molecule has 2 aromatic rings. The quantitative estimate of drug-likeness (QED) is 0.872. The van der Waals surface area contributed by atoms with Gasteiger partial charge >= 0.3 is 0 Å². The number of benzene rings is 1. The average Bonchev–Trinajstić information content (AvgIpc) is 2.70. The number of rotatable bonds is 4. The molecule has 0 amide bonds. The molecular formula is C13H12BrClO2S. The maximum atomic E-state index is 10.4. The molecule has 1 aromatic carbocycles. The van der Waals surface area contributed by atoms with E-state index in [9.17, 15) is 5.11 Å². The summed E-state index contributed by atoms with van der Waals surface area (Å²) in [6, 6.07) is 9.31. The Morgan fingerprint density at radius 3 is 2.78 bits per heavy atom. The van der Waals surface area contributed by atoms with Gasteiger partial charge in [0.2, 0.25) is 0 Å². The molecule has 1 atom stereocenters. The average molecular weight is 348 g/mol. The Hall–Kier alpha value is -0.550. The van der Waals surface area contributed by atoms with Crippen molar-refractivity contribution in [3.05, 3.63) is 49.6 Å². The Kier molecular flexibility index (Phi) is 4.67. The van der Waals surface area contributed by atoms with Gasteiger partial charge < -0.3 is 9.84 Å². The van der Waals surface area contributed by atoms with Crippen molar-refractivity contribution in [1.29, 1.82) is 0 Å². The molecule has 0 aliphatic heterocycles. The maximum Gasteiger partial charge on any atom is 0.125 e. The van der Waals surface area contributed by atoms with Crippen molar-refractivity contribution in [2.75, 3.05) is 6.61 Å². The fraction of sp³-hybridized carbons (Fsp3) is 0.231. The van der Waals surface area contributed by atoms with Gasteiger partial charge in [-0.3, -0.25) is 0 Å². The molecule has 5 heteroatoms. The predicted molar refractivity (Wildman–Crippen MR) is 78.7 cm³/mol. The largest absolute Gasteiger partial charge is 0.493 e. The van der Waals surface area contributed by atoms with Crippen LogP contribution in [0.3, 0.4) is 0 Å². The predicted octanol–water partition coefficient (Wildman–Crippen LogP) is 4.64. The van der Waals surface area contributed by atoms with Gasteiger partial charge in [-0.25, -0.2) is 0 Å². The van der Waals surface area contributed by atoms with Crippen molar-refractivity contribution in [2.45, 2.75) is 13.0 Å². The van der Waals surface area contributed by atoms with E-state index in [-0.39, 0.29) is 0 Å². The summed E-state index contributed by atoms with van der Waals surface area (Å²) in [5.74, 6) is 0.702. The van der Waals surface area contributed by atoms with E-state index < -0.39 is 6.10 Å². The second-order valence-corrected chi connectivity index (χ2v) is 6.18. The van der Waals surface area contributed by atoms with Crippen LogP contribution in [0.5, 0.6) is 5.75 Å². The molecule has 1 heterocycles. The maximum absolute atomic E-state index is 10.4. The highest BCUT2D eigenvalue weighted by Crippen LogP contribution is 2.39. The summed E-state index contributed by atoms with van der Waals surface area (Å²) in [5.41, 5.74) is 0.754. The van der Waals surface area contributed by atoms with Crippen LogP contribution in [-0.2, 0) is 0 Å². The molecule has 0 saturated carbocycles. The summed E-state index contributed by atoms with van der Waals surface area (Å²) in [6.45, 7) is 2.49. The first-order chi connectivity index (χ1) is 8.63. The molecule has 1 unspecified atom stereocenters. The topological polar surface area (TPSA) is 29.5 Å². The highest BCUT2D eigenvalue weighted by molar-refractivity contribution is 9.10. The Morgan fingerprint density at radius 2 is 2.17 bits per heavy atom. The third-order valence-electron chi connectivity index (χ3n) is 2.45. The number of thiophene rings is 1. The van der Waals surface area contributed by atoms with Gasteiger partial charge in [-0.05, 0) is 35.0 Å². The molecule has 0 radical (unpaired) electrons. The lowest BCUT2D eigenvalue weighted by molar-refractivity contribution is 0.215. The Balaban J connectivity index is 2.36. The van der Waals surface area contributed by atoms with Crippen LogP contribution < -0.4 is 4.74 Å². The van der Waals surface area contributed by atoms with Crippen LogP contribution in [0.1, 0.15) is 23.5 Å². The molecule has 96 valence electrons. The molecule has 18 heavy (non-hydrogen) atoms. The lowest BCUT2D eigenvalue weighted by Crippen LogP contribution is -2.02. The monoisotopic (exact) mass is 346 g/mol. The third kappa shape index (κ3) is 2.88. The fourth-order valence-corrected chi connectivity index (χ4v) is 3.39. The van der Waals surface area contributed by atoms with Gasteiger partial charge in [0.05, 0.1) is 6.61 Å². The van der Waals surface area contributed by atoms with Gasteiger partial charge in [0.1, 0.15) is 16.2 Å². The van der Waals surface area contributed by atoms with E-state index in [0.29, 0.717) is 16.7 Å². The van der Waals surface area contributed by atoms with Gasteiger partial charge in [-0.1, -0.05) is 29.8 Å². The summed E-state index contributed by atoms with van der Waals surface area (Å²) >= 11 is 10.7. The Morgan fingerprint density at radius 1 is 1.44 bits per heavy atom. The summed E-state index contributed by atoms with van der Waals surface area (Å²) in [6.07, 6.45) is -0.721. The number of para-hydroxylation sites is 1. The Labute approximate surface area is 123 Å². The van der Waals surface area contributed by atoms with E-state index in [4.69, 9.17) is 16.3 Å². The first kappa shape index (κ1) is 13.9. The summed E-state index contributed by atoms with van der Waals surface area (Å²) < 4.78 is 6.96. The van der Waals surface area contributed by atoms with Crippen molar-refractivity contribution in [2.24, 2.45) is 0 Å². The number of aliphatic hydroxyl groups is 1.